The number of ether oxygens (including phenoxy) is 1. The van der Waals surface area contributed by atoms with Crippen LogP contribution in [-0.4, -0.2) is 23.7 Å². The SMILES string of the molecule is C=COC(C)=O.O=C(O)CF. The molecule has 0 unspecified atom stereocenters. The van der Waals surface area contributed by atoms with Crippen molar-refractivity contribution in [1.29, 1.82) is 0 Å². The van der Waals surface area contributed by atoms with E-state index in [4.69, 9.17) is 9.90 Å². The number of carbonyl (C=O) groups excluding carboxylic acids is 1. The molecule has 1 N–H and O–H groups in total. The number of halogens is 1. The maximum absolute atomic E-state index is 10.5. The summed E-state index contributed by atoms with van der Waals surface area (Å²) in [6, 6.07) is 0. The van der Waals surface area contributed by atoms with E-state index in [9.17, 15) is 9.18 Å². The fourth-order valence-corrected chi connectivity index (χ4v) is 0.117. The minimum atomic E-state index is -1.41. The summed E-state index contributed by atoms with van der Waals surface area (Å²) in [6.45, 7) is 3.20. The Morgan fingerprint density at radius 3 is 2.09 bits per heavy atom. The summed E-state index contributed by atoms with van der Waals surface area (Å²) < 4.78 is 14.7. The molecule has 0 aliphatic carbocycles. The summed E-state index contributed by atoms with van der Waals surface area (Å²) in [5.74, 6) is -1.74. The van der Waals surface area contributed by atoms with Crippen molar-refractivity contribution in [2.45, 2.75) is 6.92 Å². The van der Waals surface area contributed by atoms with E-state index in [1.165, 1.54) is 6.92 Å². The molecule has 0 aliphatic rings. The number of carboxylic acids is 1. The molecule has 0 spiro atoms. The fraction of sp³-hybridized carbons (Fsp3) is 0.333. The molecule has 0 aromatic rings. The average molecular weight is 164 g/mol. The van der Waals surface area contributed by atoms with Gasteiger partial charge < -0.3 is 9.84 Å². The third-order valence-electron chi connectivity index (χ3n) is 0.364. The lowest BCUT2D eigenvalue weighted by molar-refractivity contribution is -0.138. The Morgan fingerprint density at radius 2 is 2.09 bits per heavy atom. The third kappa shape index (κ3) is 28.9. The van der Waals surface area contributed by atoms with Crippen LogP contribution in [0.2, 0.25) is 0 Å². The predicted octanol–water partition coefficient (Wildman–Crippen LogP) is 0.733. The number of hydrogen-bond acceptors (Lipinski definition) is 3. The molecule has 0 aromatic carbocycles. The monoisotopic (exact) mass is 164 g/mol. The first-order chi connectivity index (χ1) is 5.04. The number of aliphatic carboxylic acids is 1. The molecule has 0 atom stereocenters. The Labute approximate surface area is 63.3 Å². The molecule has 0 saturated heterocycles. The van der Waals surface area contributed by atoms with Gasteiger partial charge in [0, 0.05) is 6.92 Å². The van der Waals surface area contributed by atoms with Gasteiger partial charge in [-0.15, -0.1) is 0 Å². The normalized spacial score (nSPS) is 7.09. The van der Waals surface area contributed by atoms with Crippen molar-refractivity contribution in [3.8, 4) is 0 Å². The Hall–Kier alpha value is -1.39. The minimum Gasteiger partial charge on any atom is -0.479 e. The molecule has 0 aromatic heterocycles. The molecule has 11 heavy (non-hydrogen) atoms. The highest BCUT2D eigenvalue weighted by Crippen LogP contribution is 1.70. The second-order valence-electron chi connectivity index (χ2n) is 1.30. The topological polar surface area (TPSA) is 63.6 Å². The first kappa shape index (κ1) is 12.3. The Bertz CT molecular complexity index is 144. The van der Waals surface area contributed by atoms with E-state index in [1.54, 1.807) is 0 Å². The van der Waals surface area contributed by atoms with Gasteiger partial charge in [-0.1, -0.05) is 6.58 Å². The highest BCUT2D eigenvalue weighted by Gasteiger charge is 1.85. The number of carboxylic acid groups (broad SMARTS) is 1. The molecule has 0 heterocycles. The van der Waals surface area contributed by atoms with Crippen LogP contribution in [0, 0.1) is 0 Å². The second kappa shape index (κ2) is 8.61. The van der Waals surface area contributed by atoms with Crippen LogP contribution in [0.25, 0.3) is 0 Å². The first-order valence-electron chi connectivity index (χ1n) is 2.60. The zero-order valence-electron chi connectivity index (χ0n) is 6.04. The summed E-state index contributed by atoms with van der Waals surface area (Å²) in [4.78, 5) is 18.7. The van der Waals surface area contributed by atoms with Crippen LogP contribution in [0.3, 0.4) is 0 Å². The molecule has 4 nitrogen and oxygen atoms in total. The largest absolute Gasteiger partial charge is 0.479 e. The molecular formula is C6H9FO4. The Balaban J connectivity index is 0. The van der Waals surface area contributed by atoms with Crippen LogP contribution in [-0.2, 0) is 14.3 Å². The average Bonchev–Trinajstić information content (AvgIpc) is 1.89. The van der Waals surface area contributed by atoms with Crippen LogP contribution in [0.15, 0.2) is 12.8 Å². The number of rotatable bonds is 2. The van der Waals surface area contributed by atoms with Crippen LogP contribution in [0.4, 0.5) is 4.39 Å². The lowest BCUT2D eigenvalue weighted by Gasteiger charge is -1.83. The Morgan fingerprint density at radius 1 is 1.73 bits per heavy atom. The lowest BCUT2D eigenvalue weighted by Crippen LogP contribution is -1.93. The van der Waals surface area contributed by atoms with Gasteiger partial charge in [-0.3, -0.25) is 4.79 Å². The van der Waals surface area contributed by atoms with E-state index >= 15 is 0 Å². The molecule has 0 rings (SSSR count). The summed E-state index contributed by atoms with van der Waals surface area (Å²) >= 11 is 0. The number of alkyl halides is 1. The van der Waals surface area contributed by atoms with Gasteiger partial charge in [0.15, 0.2) is 6.67 Å². The quantitative estimate of drug-likeness (QED) is 0.482. The van der Waals surface area contributed by atoms with Crippen molar-refractivity contribution >= 4 is 11.9 Å². The van der Waals surface area contributed by atoms with Gasteiger partial charge in [0.25, 0.3) is 0 Å². The van der Waals surface area contributed by atoms with E-state index in [1.807, 2.05) is 0 Å². The summed E-state index contributed by atoms with van der Waals surface area (Å²) in [7, 11) is 0. The smallest absolute Gasteiger partial charge is 0.335 e. The van der Waals surface area contributed by atoms with E-state index < -0.39 is 12.6 Å². The van der Waals surface area contributed by atoms with E-state index in [2.05, 4.69) is 11.3 Å². The van der Waals surface area contributed by atoms with Gasteiger partial charge in [0.2, 0.25) is 0 Å². The molecule has 0 bridgehead atoms. The van der Waals surface area contributed by atoms with E-state index in [-0.39, 0.29) is 5.97 Å². The Kier molecular flexibility index (Phi) is 9.63. The highest BCUT2D eigenvalue weighted by molar-refractivity contribution is 5.67. The van der Waals surface area contributed by atoms with Gasteiger partial charge in [-0.05, 0) is 0 Å². The van der Waals surface area contributed by atoms with Crippen LogP contribution >= 0.6 is 0 Å². The molecule has 64 valence electrons. The van der Waals surface area contributed by atoms with Crippen molar-refractivity contribution in [1.82, 2.24) is 0 Å². The van der Waals surface area contributed by atoms with E-state index in [0.29, 0.717) is 0 Å². The highest BCUT2D eigenvalue weighted by atomic mass is 19.1. The van der Waals surface area contributed by atoms with E-state index in [0.717, 1.165) is 6.26 Å². The van der Waals surface area contributed by atoms with Gasteiger partial charge in [-0.2, -0.15) is 0 Å². The van der Waals surface area contributed by atoms with Crippen LogP contribution in [0.5, 0.6) is 0 Å². The fourth-order valence-electron chi connectivity index (χ4n) is 0.117. The predicted molar refractivity (Wildman–Crippen MR) is 35.6 cm³/mol. The molecule has 0 radical (unpaired) electrons. The van der Waals surface area contributed by atoms with Crippen molar-refractivity contribution in [3.63, 3.8) is 0 Å². The summed E-state index contributed by atoms with van der Waals surface area (Å²) in [5, 5.41) is 7.35. The van der Waals surface area contributed by atoms with Crippen LogP contribution in [0.1, 0.15) is 6.92 Å². The van der Waals surface area contributed by atoms with Gasteiger partial charge >= 0.3 is 11.9 Å². The van der Waals surface area contributed by atoms with Crippen molar-refractivity contribution in [3.05, 3.63) is 12.8 Å². The zero-order chi connectivity index (χ0) is 9.28. The number of hydrogen-bond donors (Lipinski definition) is 1. The summed E-state index contributed by atoms with van der Waals surface area (Å²) in [6.07, 6.45) is 1.10. The van der Waals surface area contributed by atoms with Gasteiger partial charge in [0.05, 0.1) is 6.26 Å². The second-order valence-corrected chi connectivity index (χ2v) is 1.30. The summed E-state index contributed by atoms with van der Waals surface area (Å²) in [5.41, 5.74) is 0. The van der Waals surface area contributed by atoms with Crippen molar-refractivity contribution in [2.75, 3.05) is 6.67 Å². The number of esters is 1. The molecule has 0 amide bonds. The zero-order valence-corrected chi connectivity index (χ0v) is 6.04. The molecule has 0 saturated carbocycles. The van der Waals surface area contributed by atoms with Gasteiger partial charge in [-0.25, -0.2) is 9.18 Å². The third-order valence-corrected chi connectivity index (χ3v) is 0.364. The lowest BCUT2D eigenvalue weighted by atomic mass is 10.8. The molecular weight excluding hydrogens is 155 g/mol. The maximum atomic E-state index is 10.5. The minimum absolute atomic E-state index is 0.329. The molecule has 0 aliphatic heterocycles. The molecule has 0 fully saturated rings. The first-order valence-corrected chi connectivity index (χ1v) is 2.60. The number of carbonyl (C=O) groups is 2. The standard InChI is InChI=1S/C4H6O2.C2H3FO2/c1-3-6-4(2)5;3-1-2(4)5/h3H,1H2,2H3;1H2,(H,4,5). The molecule has 5 heteroatoms. The maximum Gasteiger partial charge on any atom is 0.335 e. The van der Waals surface area contributed by atoms with Gasteiger partial charge in [0.1, 0.15) is 0 Å². The van der Waals surface area contributed by atoms with Crippen molar-refractivity contribution < 1.29 is 23.8 Å². The van der Waals surface area contributed by atoms with Crippen LogP contribution < -0.4 is 0 Å². The van der Waals surface area contributed by atoms with Crippen molar-refractivity contribution in [2.24, 2.45) is 0 Å².